The van der Waals surface area contributed by atoms with Crippen LogP contribution in [-0.4, -0.2) is 25.0 Å². The molecular weight excluding hydrogens is 262 g/mol. The molecule has 1 unspecified atom stereocenters. The molecule has 1 aliphatic heterocycles. The number of rotatable bonds is 3. The first-order valence-corrected chi connectivity index (χ1v) is 6.12. The Balaban J connectivity index is 2.01. The Bertz CT molecular complexity index is 462. The van der Waals surface area contributed by atoms with Crippen LogP contribution >= 0.6 is 11.6 Å². The standard InChI is InChI=1S/C12H13ClF2N2O/c13-9-5-10(14)8(4-11(9)15)12(18)17-6-7-2-1-3-16-7/h4-5,7,16H,1-3,6H2,(H,17,18). The Labute approximate surface area is 109 Å². The van der Waals surface area contributed by atoms with Gasteiger partial charge in [-0.3, -0.25) is 4.79 Å². The maximum atomic E-state index is 13.5. The van der Waals surface area contributed by atoms with Crippen molar-refractivity contribution in [3.8, 4) is 0 Å². The third-order valence-corrected chi connectivity index (χ3v) is 3.22. The van der Waals surface area contributed by atoms with Gasteiger partial charge in [0, 0.05) is 12.6 Å². The van der Waals surface area contributed by atoms with Gasteiger partial charge >= 0.3 is 0 Å². The van der Waals surface area contributed by atoms with Gasteiger partial charge in [0.2, 0.25) is 0 Å². The van der Waals surface area contributed by atoms with Crippen molar-refractivity contribution in [3.63, 3.8) is 0 Å². The number of benzene rings is 1. The van der Waals surface area contributed by atoms with Gasteiger partial charge in [0.25, 0.3) is 5.91 Å². The number of halogens is 3. The van der Waals surface area contributed by atoms with E-state index in [4.69, 9.17) is 11.6 Å². The van der Waals surface area contributed by atoms with E-state index in [1.165, 1.54) is 0 Å². The third kappa shape index (κ3) is 2.97. The van der Waals surface area contributed by atoms with Crippen molar-refractivity contribution in [1.29, 1.82) is 0 Å². The van der Waals surface area contributed by atoms with Gasteiger partial charge in [-0.15, -0.1) is 0 Å². The van der Waals surface area contributed by atoms with Crippen LogP contribution in [0, 0.1) is 11.6 Å². The van der Waals surface area contributed by atoms with E-state index in [-0.39, 0.29) is 16.6 Å². The zero-order chi connectivity index (χ0) is 13.1. The summed E-state index contributed by atoms with van der Waals surface area (Å²) in [5.41, 5.74) is -0.324. The molecule has 0 spiro atoms. The van der Waals surface area contributed by atoms with Crippen LogP contribution < -0.4 is 10.6 Å². The summed E-state index contributed by atoms with van der Waals surface area (Å²) < 4.78 is 26.6. The van der Waals surface area contributed by atoms with E-state index in [1.807, 2.05) is 0 Å². The molecule has 0 bridgehead atoms. The van der Waals surface area contributed by atoms with E-state index in [9.17, 15) is 13.6 Å². The topological polar surface area (TPSA) is 41.1 Å². The Morgan fingerprint density at radius 2 is 2.22 bits per heavy atom. The predicted molar refractivity (Wildman–Crippen MR) is 64.7 cm³/mol. The molecular formula is C12H13ClF2N2O. The molecule has 0 radical (unpaired) electrons. The monoisotopic (exact) mass is 274 g/mol. The summed E-state index contributed by atoms with van der Waals surface area (Å²) in [6.45, 7) is 1.33. The SMILES string of the molecule is O=C(NCC1CCCN1)c1cc(F)c(Cl)cc1F. The second-order valence-electron chi connectivity index (χ2n) is 4.25. The van der Waals surface area contributed by atoms with E-state index in [0.717, 1.165) is 31.5 Å². The molecule has 1 aromatic carbocycles. The van der Waals surface area contributed by atoms with Crippen molar-refractivity contribution >= 4 is 17.5 Å². The Hall–Kier alpha value is -1.20. The van der Waals surface area contributed by atoms with Crippen LogP contribution in [0.25, 0.3) is 0 Å². The third-order valence-electron chi connectivity index (χ3n) is 2.93. The van der Waals surface area contributed by atoms with E-state index < -0.39 is 17.5 Å². The van der Waals surface area contributed by atoms with Crippen molar-refractivity contribution in [2.75, 3.05) is 13.1 Å². The van der Waals surface area contributed by atoms with E-state index in [0.29, 0.717) is 6.54 Å². The maximum Gasteiger partial charge on any atom is 0.254 e. The van der Waals surface area contributed by atoms with Crippen LogP contribution in [0.15, 0.2) is 12.1 Å². The average molecular weight is 275 g/mol. The minimum Gasteiger partial charge on any atom is -0.350 e. The van der Waals surface area contributed by atoms with Crippen molar-refractivity contribution < 1.29 is 13.6 Å². The number of carbonyl (C=O) groups is 1. The highest BCUT2D eigenvalue weighted by Crippen LogP contribution is 2.19. The zero-order valence-electron chi connectivity index (χ0n) is 9.60. The van der Waals surface area contributed by atoms with Crippen molar-refractivity contribution in [1.82, 2.24) is 10.6 Å². The molecule has 1 heterocycles. The van der Waals surface area contributed by atoms with Gasteiger partial charge in [0.1, 0.15) is 11.6 Å². The molecule has 2 rings (SSSR count). The number of hydrogen-bond donors (Lipinski definition) is 2. The Morgan fingerprint density at radius 1 is 1.44 bits per heavy atom. The van der Waals surface area contributed by atoms with Crippen molar-refractivity contribution in [3.05, 3.63) is 34.4 Å². The molecule has 1 atom stereocenters. The molecule has 0 aliphatic carbocycles. The van der Waals surface area contributed by atoms with Crippen LogP contribution in [0.2, 0.25) is 5.02 Å². The fraction of sp³-hybridized carbons (Fsp3) is 0.417. The molecule has 1 aliphatic rings. The number of hydrogen-bond acceptors (Lipinski definition) is 2. The quantitative estimate of drug-likeness (QED) is 0.829. The molecule has 6 heteroatoms. The van der Waals surface area contributed by atoms with Gasteiger partial charge in [-0.2, -0.15) is 0 Å². The average Bonchev–Trinajstić information content (AvgIpc) is 2.84. The second kappa shape index (κ2) is 5.63. The minimum absolute atomic E-state index is 0.203. The van der Waals surface area contributed by atoms with Crippen LogP contribution in [0.1, 0.15) is 23.2 Å². The molecule has 1 fully saturated rings. The van der Waals surface area contributed by atoms with E-state index in [1.54, 1.807) is 0 Å². The molecule has 18 heavy (non-hydrogen) atoms. The van der Waals surface area contributed by atoms with E-state index in [2.05, 4.69) is 10.6 Å². The Morgan fingerprint density at radius 3 is 2.89 bits per heavy atom. The van der Waals surface area contributed by atoms with Crippen LogP contribution in [0.3, 0.4) is 0 Å². The first-order valence-electron chi connectivity index (χ1n) is 5.74. The second-order valence-corrected chi connectivity index (χ2v) is 4.66. The maximum absolute atomic E-state index is 13.5. The smallest absolute Gasteiger partial charge is 0.254 e. The molecule has 0 saturated carbocycles. The van der Waals surface area contributed by atoms with Gasteiger partial charge in [0.15, 0.2) is 0 Å². The van der Waals surface area contributed by atoms with Gasteiger partial charge in [-0.25, -0.2) is 8.78 Å². The molecule has 2 N–H and O–H groups in total. The molecule has 98 valence electrons. The summed E-state index contributed by atoms with van der Waals surface area (Å²) in [6, 6.07) is 1.82. The number of nitrogens with one attached hydrogen (secondary N) is 2. The molecule has 1 aromatic rings. The van der Waals surface area contributed by atoms with Crippen LogP contribution in [0.5, 0.6) is 0 Å². The first kappa shape index (κ1) is 13.2. The fourth-order valence-corrected chi connectivity index (χ4v) is 2.09. The van der Waals surface area contributed by atoms with Gasteiger partial charge in [-0.05, 0) is 31.5 Å². The normalized spacial score (nSPS) is 18.9. The highest BCUT2D eigenvalue weighted by molar-refractivity contribution is 6.30. The van der Waals surface area contributed by atoms with Crippen LogP contribution in [-0.2, 0) is 0 Å². The zero-order valence-corrected chi connectivity index (χ0v) is 10.4. The number of amides is 1. The van der Waals surface area contributed by atoms with Gasteiger partial charge in [-0.1, -0.05) is 11.6 Å². The first-order chi connectivity index (χ1) is 8.58. The molecule has 0 aromatic heterocycles. The van der Waals surface area contributed by atoms with E-state index >= 15 is 0 Å². The minimum atomic E-state index is -0.821. The van der Waals surface area contributed by atoms with Gasteiger partial charge < -0.3 is 10.6 Å². The summed E-state index contributed by atoms with van der Waals surface area (Å²) in [4.78, 5) is 11.7. The van der Waals surface area contributed by atoms with Crippen molar-refractivity contribution in [2.45, 2.75) is 18.9 Å². The lowest BCUT2D eigenvalue weighted by molar-refractivity contribution is 0.0946. The lowest BCUT2D eigenvalue weighted by atomic mass is 10.1. The molecule has 1 amide bonds. The predicted octanol–water partition coefficient (Wildman–Crippen LogP) is 2.10. The highest BCUT2D eigenvalue weighted by Gasteiger charge is 2.18. The fourth-order valence-electron chi connectivity index (χ4n) is 1.94. The van der Waals surface area contributed by atoms with Crippen molar-refractivity contribution in [2.24, 2.45) is 0 Å². The lowest BCUT2D eigenvalue weighted by Gasteiger charge is -2.12. The summed E-state index contributed by atoms with van der Waals surface area (Å²) in [5.74, 6) is -2.25. The van der Waals surface area contributed by atoms with Crippen LogP contribution in [0.4, 0.5) is 8.78 Å². The highest BCUT2D eigenvalue weighted by atomic mass is 35.5. The lowest BCUT2D eigenvalue weighted by Crippen LogP contribution is -2.37. The van der Waals surface area contributed by atoms with Gasteiger partial charge in [0.05, 0.1) is 10.6 Å². The summed E-state index contributed by atoms with van der Waals surface area (Å²) in [5, 5.41) is 5.44. The molecule has 1 saturated heterocycles. The summed E-state index contributed by atoms with van der Waals surface area (Å²) in [7, 11) is 0. The largest absolute Gasteiger partial charge is 0.350 e. The molecule has 3 nitrogen and oxygen atoms in total. The summed E-state index contributed by atoms with van der Waals surface area (Å²) in [6.07, 6.45) is 2.03. The summed E-state index contributed by atoms with van der Waals surface area (Å²) >= 11 is 5.41. The Kier molecular flexibility index (Phi) is 4.14. The number of carbonyl (C=O) groups excluding carboxylic acids is 1.